The average molecular weight is 1220 g/mol. The fraction of sp³-hybridized carbons (Fsp3) is 0. The Morgan fingerprint density at radius 2 is 0.562 bits per heavy atom. The van der Waals surface area contributed by atoms with Crippen LogP contribution in [0.2, 0.25) is 0 Å². The smallest absolute Gasteiger partial charge is 0.252 e. The van der Waals surface area contributed by atoms with Crippen molar-refractivity contribution in [3.8, 4) is 44.5 Å². The second kappa shape index (κ2) is 20.4. The van der Waals surface area contributed by atoms with E-state index in [1.807, 2.05) is 0 Å². The summed E-state index contributed by atoms with van der Waals surface area (Å²) in [6.07, 6.45) is 0. The highest BCUT2D eigenvalue weighted by atomic mass is 15.2. The Bertz CT molecular complexity index is 5940. The standard InChI is InChI=1S/C90H56BN5/c1-5-23-57(24-6-1)59-43-47-63(48-44-59)92(64-49-45-60(46-50-64)58-25-7-2-8-26-58)65-51-86-88-87(52-65)94(79-40-18-14-32-67(79)62-29-11-4-12-30-62)85-56-83-75(73-38-22-36-71-69-34-16-20-42-81(69)96(83)90(71)73)54-77(85)91(88)76-53-74-72-37-21-35-70-68-33-15-19-41-80(68)95(89(70)72)82(74)55-84(76)93(86)78-39-17-13-31-66(78)61-27-9-3-10-28-61/h1-56H. The van der Waals surface area contributed by atoms with Crippen molar-refractivity contribution in [2.45, 2.75) is 0 Å². The average Bonchev–Trinajstić information content (AvgIpc) is 1.14. The van der Waals surface area contributed by atoms with Gasteiger partial charge in [-0.25, -0.2) is 0 Å². The predicted octanol–water partition coefficient (Wildman–Crippen LogP) is 22.2. The number of anilines is 9. The van der Waals surface area contributed by atoms with Gasteiger partial charge in [-0.3, -0.25) is 0 Å². The number of hydrogen-bond donors (Lipinski definition) is 0. The molecule has 0 amide bonds. The second-order valence-corrected chi connectivity index (χ2v) is 25.9. The summed E-state index contributed by atoms with van der Waals surface area (Å²) in [5, 5.41) is 10.1. The van der Waals surface area contributed by atoms with Crippen LogP contribution in [0.4, 0.5) is 51.2 Å². The summed E-state index contributed by atoms with van der Waals surface area (Å²) in [5.74, 6) is 0. The zero-order chi connectivity index (χ0) is 62.7. The molecule has 4 aromatic heterocycles. The first-order valence-electron chi connectivity index (χ1n) is 33.3. The minimum Gasteiger partial charge on any atom is -0.311 e. The SMILES string of the molecule is c1ccc(-c2ccc(N(c3ccc(-c4ccccc4)cc3)c3cc4c5c(c3)N(c3ccccc3-c3ccccc3)c3cc6c(cc3B5c3cc5c7cccc8c9ccccc9n(c5cc3N4c3ccccc3-c3ccccc3)c87)c3cccc4c5ccccc5n6c43)cc2)cc1. The predicted molar refractivity (Wildman–Crippen MR) is 406 cm³/mol. The second-order valence-electron chi connectivity index (χ2n) is 25.9. The maximum atomic E-state index is 2.65. The largest absolute Gasteiger partial charge is 0.311 e. The van der Waals surface area contributed by atoms with Gasteiger partial charge in [-0.05, 0) is 123 Å². The lowest BCUT2D eigenvalue weighted by molar-refractivity contribution is 1.23. The summed E-state index contributed by atoms with van der Waals surface area (Å²) in [7, 11) is 0. The van der Waals surface area contributed by atoms with Gasteiger partial charge >= 0.3 is 0 Å². The van der Waals surface area contributed by atoms with Gasteiger partial charge in [0.25, 0.3) is 6.71 Å². The first-order chi connectivity index (χ1) is 47.7. The zero-order valence-electron chi connectivity index (χ0n) is 52.1. The van der Waals surface area contributed by atoms with Crippen molar-refractivity contribution in [2.75, 3.05) is 14.7 Å². The van der Waals surface area contributed by atoms with Crippen LogP contribution in [0.3, 0.4) is 0 Å². The van der Waals surface area contributed by atoms with Crippen LogP contribution in [0.1, 0.15) is 0 Å². The molecule has 0 aliphatic carbocycles. The molecule has 0 unspecified atom stereocenters. The molecular formula is C90H56BN5. The molecule has 0 radical (unpaired) electrons. The Balaban J connectivity index is 0.936. The molecule has 444 valence electrons. The van der Waals surface area contributed by atoms with Crippen LogP contribution in [0, 0.1) is 0 Å². The van der Waals surface area contributed by atoms with E-state index in [-0.39, 0.29) is 6.71 Å². The summed E-state index contributed by atoms with van der Waals surface area (Å²) < 4.78 is 5.11. The lowest BCUT2D eigenvalue weighted by Gasteiger charge is -2.45. The fourth-order valence-corrected chi connectivity index (χ4v) is 16.8. The minimum absolute atomic E-state index is 0.236. The van der Waals surface area contributed by atoms with E-state index < -0.39 is 0 Å². The van der Waals surface area contributed by atoms with Crippen LogP contribution in [-0.2, 0) is 0 Å². The molecule has 15 aromatic carbocycles. The molecule has 2 aliphatic heterocycles. The summed E-state index contributed by atoms with van der Waals surface area (Å²) >= 11 is 0. The summed E-state index contributed by atoms with van der Waals surface area (Å²) in [6.45, 7) is -0.236. The van der Waals surface area contributed by atoms with Crippen molar-refractivity contribution in [1.82, 2.24) is 8.80 Å². The summed E-state index contributed by atoms with van der Waals surface area (Å²) in [6, 6.07) is 127. The Kier molecular flexibility index (Phi) is 11.3. The molecule has 0 spiro atoms. The highest BCUT2D eigenvalue weighted by Gasteiger charge is 2.46. The van der Waals surface area contributed by atoms with Gasteiger partial charge in [0.2, 0.25) is 0 Å². The normalized spacial score (nSPS) is 12.7. The molecule has 6 heterocycles. The Morgan fingerprint density at radius 3 is 0.990 bits per heavy atom. The van der Waals surface area contributed by atoms with Crippen LogP contribution >= 0.6 is 0 Å². The van der Waals surface area contributed by atoms with E-state index in [1.165, 1.54) is 104 Å². The molecule has 0 fully saturated rings. The molecule has 19 aromatic rings. The van der Waals surface area contributed by atoms with Gasteiger partial charge in [-0.2, -0.15) is 0 Å². The number of para-hydroxylation sites is 6. The number of benzene rings is 15. The van der Waals surface area contributed by atoms with Crippen molar-refractivity contribution in [3.63, 3.8) is 0 Å². The summed E-state index contributed by atoms with van der Waals surface area (Å²) in [5.41, 5.74) is 30.1. The number of hydrogen-bond acceptors (Lipinski definition) is 3. The first-order valence-corrected chi connectivity index (χ1v) is 33.3. The Hall–Kier alpha value is -12.6. The van der Waals surface area contributed by atoms with Crippen LogP contribution in [0.25, 0.3) is 121 Å². The first kappa shape index (κ1) is 52.9. The van der Waals surface area contributed by atoms with Crippen molar-refractivity contribution in [3.05, 3.63) is 340 Å². The topological polar surface area (TPSA) is 18.5 Å². The zero-order valence-corrected chi connectivity index (χ0v) is 52.1. The van der Waals surface area contributed by atoms with Gasteiger partial charge in [0.1, 0.15) is 0 Å². The third-order valence-corrected chi connectivity index (χ3v) is 20.9. The third-order valence-electron chi connectivity index (χ3n) is 20.9. The van der Waals surface area contributed by atoms with E-state index in [4.69, 9.17) is 0 Å². The van der Waals surface area contributed by atoms with E-state index in [9.17, 15) is 0 Å². The lowest BCUT2D eigenvalue weighted by atomic mass is 9.33. The molecule has 2 aliphatic rings. The Morgan fingerprint density at radius 1 is 0.219 bits per heavy atom. The van der Waals surface area contributed by atoms with Crippen molar-refractivity contribution < 1.29 is 0 Å². The number of fused-ring (bicyclic) bond motifs is 16. The molecule has 0 bridgehead atoms. The maximum absolute atomic E-state index is 2.65. The van der Waals surface area contributed by atoms with E-state index in [0.29, 0.717) is 0 Å². The third kappa shape index (κ3) is 7.58. The van der Waals surface area contributed by atoms with Crippen molar-refractivity contribution in [1.29, 1.82) is 0 Å². The number of nitrogens with zero attached hydrogens (tertiary/aromatic N) is 5. The summed E-state index contributed by atoms with van der Waals surface area (Å²) in [4.78, 5) is 7.79. The highest BCUT2D eigenvalue weighted by molar-refractivity contribution is 7.00. The van der Waals surface area contributed by atoms with Crippen molar-refractivity contribution >= 4 is 150 Å². The monoisotopic (exact) mass is 1220 g/mol. The van der Waals surface area contributed by atoms with Gasteiger partial charge in [0.05, 0.1) is 50.2 Å². The van der Waals surface area contributed by atoms with Crippen molar-refractivity contribution in [2.24, 2.45) is 0 Å². The lowest BCUT2D eigenvalue weighted by Crippen LogP contribution is -2.61. The number of rotatable bonds is 9. The highest BCUT2D eigenvalue weighted by Crippen LogP contribution is 2.54. The van der Waals surface area contributed by atoms with Crippen LogP contribution in [0.15, 0.2) is 340 Å². The molecule has 0 atom stereocenters. The molecular weight excluding hydrogens is 1160 g/mol. The molecule has 6 heteroatoms. The van der Waals surface area contributed by atoms with Gasteiger partial charge in [-0.15, -0.1) is 0 Å². The molecule has 96 heavy (non-hydrogen) atoms. The van der Waals surface area contributed by atoms with Crippen LogP contribution < -0.4 is 31.1 Å². The molecule has 0 saturated carbocycles. The number of aromatic nitrogens is 2. The van der Waals surface area contributed by atoms with Crippen LogP contribution in [-0.4, -0.2) is 15.5 Å². The fourth-order valence-electron chi connectivity index (χ4n) is 16.8. The molecule has 21 rings (SSSR count). The van der Waals surface area contributed by atoms with Gasteiger partial charge in [0, 0.05) is 88.3 Å². The minimum atomic E-state index is -0.236. The quantitative estimate of drug-likeness (QED) is 0.134. The Labute approximate surface area is 554 Å². The molecule has 0 N–H and O–H groups in total. The maximum Gasteiger partial charge on any atom is 0.252 e. The van der Waals surface area contributed by atoms with Gasteiger partial charge in [-0.1, -0.05) is 267 Å². The van der Waals surface area contributed by atoms with E-state index >= 15 is 0 Å². The van der Waals surface area contributed by atoms with Crippen LogP contribution in [0.5, 0.6) is 0 Å². The van der Waals surface area contributed by atoms with Gasteiger partial charge < -0.3 is 23.5 Å². The van der Waals surface area contributed by atoms with E-state index in [2.05, 4.69) is 363 Å². The molecule has 5 nitrogen and oxygen atoms in total. The van der Waals surface area contributed by atoms with Gasteiger partial charge in [0.15, 0.2) is 0 Å². The van der Waals surface area contributed by atoms with E-state index in [0.717, 1.165) is 84.6 Å². The molecule has 0 saturated heterocycles. The van der Waals surface area contributed by atoms with E-state index in [1.54, 1.807) is 0 Å².